The number of nitrogens with zero attached hydrogens (tertiary/aromatic N) is 2. The standard InChI is InChI=1S/C45H65N7O9/c1-28(47-8)39(55)49-38(45(5,6)7)43(59)52-25-32(23-36(52)41(57)48-35-19-15-17-29-16-11-12-18-33(29)35)61-21-14-10-9-13-20-60-31-22-30(26-53)51(24-31)42(58)37(44(2,3)4)50-40(56)34(46)27-54/h11-12,16,18,26,28,30-32,34-38,47,54H,15,17,19-25,27,46H2,1-8H3,(H,48,57)(H,49,55)(H,50,56)/t28-,30-,31-,32-,34-,35+,36?,37+,38+/m0/s1. The monoisotopic (exact) mass is 847 g/mol. The molecule has 0 bridgehead atoms. The number of carbonyl (C=O) groups excluding carboxylic acids is 6. The molecule has 5 amide bonds. The smallest absolute Gasteiger partial charge is 0.246 e. The lowest BCUT2D eigenvalue weighted by atomic mass is 9.85. The van der Waals surface area contributed by atoms with Gasteiger partial charge in [-0.1, -0.05) is 77.6 Å². The Morgan fingerprint density at radius 1 is 0.885 bits per heavy atom. The minimum absolute atomic E-state index is 0.0128. The van der Waals surface area contributed by atoms with Crippen molar-refractivity contribution in [3.05, 3.63) is 35.4 Å². The Morgan fingerprint density at radius 3 is 2.02 bits per heavy atom. The quantitative estimate of drug-likeness (QED) is 0.104. The summed E-state index contributed by atoms with van der Waals surface area (Å²) < 4.78 is 11.9. The lowest BCUT2D eigenvalue weighted by molar-refractivity contribution is -0.144. The molecule has 61 heavy (non-hydrogen) atoms. The van der Waals surface area contributed by atoms with Crippen molar-refractivity contribution in [2.75, 3.05) is 40.0 Å². The Labute approximate surface area is 360 Å². The van der Waals surface area contributed by atoms with Gasteiger partial charge in [0.05, 0.1) is 36.9 Å². The van der Waals surface area contributed by atoms with Crippen molar-refractivity contribution in [1.82, 2.24) is 31.1 Å². The largest absolute Gasteiger partial charge is 0.394 e. The van der Waals surface area contributed by atoms with Crippen molar-refractivity contribution in [3.8, 4) is 23.7 Å². The van der Waals surface area contributed by atoms with Crippen LogP contribution >= 0.6 is 0 Å². The van der Waals surface area contributed by atoms with Gasteiger partial charge in [0.25, 0.3) is 0 Å². The number of aliphatic hydroxyl groups is 1. The van der Waals surface area contributed by atoms with Crippen molar-refractivity contribution in [2.45, 2.75) is 135 Å². The Morgan fingerprint density at radius 2 is 1.44 bits per heavy atom. The van der Waals surface area contributed by atoms with Gasteiger partial charge in [0.1, 0.15) is 43.7 Å². The summed E-state index contributed by atoms with van der Waals surface area (Å²) in [6.07, 6.45) is 2.84. The van der Waals surface area contributed by atoms with Crippen LogP contribution in [-0.2, 0) is 44.7 Å². The van der Waals surface area contributed by atoms with E-state index in [2.05, 4.69) is 51.0 Å². The van der Waals surface area contributed by atoms with Gasteiger partial charge in [-0.3, -0.25) is 24.0 Å². The van der Waals surface area contributed by atoms with E-state index in [1.165, 1.54) is 15.4 Å². The van der Waals surface area contributed by atoms with Crippen molar-refractivity contribution in [2.24, 2.45) is 16.6 Å². The van der Waals surface area contributed by atoms with Crippen LogP contribution in [0.25, 0.3) is 0 Å². The van der Waals surface area contributed by atoms with Crippen LogP contribution < -0.4 is 27.0 Å². The first-order chi connectivity index (χ1) is 28.8. The number of aldehydes is 1. The third-order valence-corrected chi connectivity index (χ3v) is 11.5. The lowest BCUT2D eigenvalue weighted by Gasteiger charge is -2.36. The van der Waals surface area contributed by atoms with Crippen LogP contribution in [0.3, 0.4) is 0 Å². The fraction of sp³-hybridized carbons (Fsp3) is 0.644. The maximum atomic E-state index is 14.3. The number of aryl methyl sites for hydroxylation is 1. The van der Waals surface area contributed by atoms with Crippen LogP contribution in [0.4, 0.5) is 0 Å². The zero-order chi connectivity index (χ0) is 45.1. The summed E-state index contributed by atoms with van der Waals surface area (Å²) in [6.45, 7) is 12.3. The minimum Gasteiger partial charge on any atom is -0.394 e. The second-order valence-corrected chi connectivity index (χ2v) is 18.2. The van der Waals surface area contributed by atoms with Gasteiger partial charge in [0.15, 0.2) is 0 Å². The molecule has 2 fully saturated rings. The van der Waals surface area contributed by atoms with Crippen molar-refractivity contribution >= 4 is 35.8 Å². The Balaban J connectivity index is 1.37. The molecule has 0 spiro atoms. The molecule has 16 heteroatoms. The predicted molar refractivity (Wildman–Crippen MR) is 228 cm³/mol. The number of likely N-dealkylation sites (N-methyl/N-ethyl adjacent to an activating group) is 1. The number of nitrogens with one attached hydrogen (secondary N) is 4. The summed E-state index contributed by atoms with van der Waals surface area (Å²) in [5.74, 6) is 9.04. The molecule has 2 aliphatic heterocycles. The number of benzene rings is 1. The average Bonchev–Trinajstić information content (AvgIpc) is 3.85. The normalized spacial score (nSPS) is 23.1. The maximum Gasteiger partial charge on any atom is 0.246 e. The number of likely N-dealkylation sites (tertiary alicyclic amines) is 2. The van der Waals surface area contributed by atoms with Gasteiger partial charge >= 0.3 is 0 Å². The highest BCUT2D eigenvalue weighted by molar-refractivity contribution is 5.94. The van der Waals surface area contributed by atoms with Crippen LogP contribution in [0.5, 0.6) is 0 Å². The number of rotatable bonds is 15. The van der Waals surface area contributed by atoms with Gasteiger partial charge in [-0.05, 0) is 67.0 Å². The number of nitrogens with two attached hydrogens (primary N) is 1. The number of hydrogen-bond acceptors (Lipinski definition) is 11. The molecule has 4 rings (SSSR count). The minimum atomic E-state index is -1.19. The van der Waals surface area contributed by atoms with Crippen molar-refractivity contribution < 1.29 is 43.3 Å². The first-order valence-corrected chi connectivity index (χ1v) is 21.1. The fourth-order valence-corrected chi connectivity index (χ4v) is 7.75. The summed E-state index contributed by atoms with van der Waals surface area (Å²) in [5, 5.41) is 20.9. The van der Waals surface area contributed by atoms with Crippen LogP contribution in [-0.4, -0.2) is 139 Å². The molecule has 0 aromatic heterocycles. The summed E-state index contributed by atoms with van der Waals surface area (Å²) in [6, 6.07) is 2.68. The molecular formula is C45H65N7O9. The molecule has 334 valence electrons. The van der Waals surface area contributed by atoms with Crippen molar-refractivity contribution in [3.63, 3.8) is 0 Å². The summed E-state index contributed by atoms with van der Waals surface area (Å²) in [4.78, 5) is 82.2. The van der Waals surface area contributed by atoms with E-state index in [9.17, 15) is 33.9 Å². The second kappa shape index (κ2) is 21.8. The number of aliphatic hydroxyl groups excluding tert-OH is 1. The number of carbonyl (C=O) groups is 6. The zero-order valence-corrected chi connectivity index (χ0v) is 36.8. The van der Waals surface area contributed by atoms with Gasteiger partial charge < -0.3 is 56.2 Å². The van der Waals surface area contributed by atoms with E-state index >= 15 is 0 Å². The Hall–Kier alpha value is -4.84. The van der Waals surface area contributed by atoms with Crippen LogP contribution in [0.2, 0.25) is 0 Å². The third-order valence-electron chi connectivity index (χ3n) is 11.5. The Kier molecular flexibility index (Phi) is 17.4. The zero-order valence-electron chi connectivity index (χ0n) is 36.8. The summed E-state index contributed by atoms with van der Waals surface area (Å²) >= 11 is 0. The fourth-order valence-electron chi connectivity index (χ4n) is 7.75. The first kappa shape index (κ1) is 48.8. The third kappa shape index (κ3) is 13.1. The maximum absolute atomic E-state index is 14.3. The van der Waals surface area contributed by atoms with Crippen LogP contribution in [0.1, 0.15) is 91.3 Å². The molecule has 0 saturated carbocycles. The Bertz CT molecular complexity index is 1870. The molecule has 1 unspecified atom stereocenters. The number of fused-ring (bicyclic) bond motifs is 1. The van der Waals surface area contributed by atoms with E-state index in [1.807, 2.05) is 39.0 Å². The molecule has 2 saturated heterocycles. The molecule has 16 nitrogen and oxygen atoms in total. The molecule has 7 N–H and O–H groups in total. The van der Waals surface area contributed by atoms with Gasteiger partial charge in [-0.2, -0.15) is 0 Å². The number of ether oxygens (including phenoxy) is 2. The van der Waals surface area contributed by atoms with Crippen LogP contribution in [0, 0.1) is 34.5 Å². The molecule has 1 aliphatic carbocycles. The number of hydrogen-bond donors (Lipinski definition) is 6. The van der Waals surface area contributed by atoms with E-state index < -0.39 is 77.7 Å². The van der Waals surface area contributed by atoms with Gasteiger partial charge in [0.2, 0.25) is 29.5 Å². The van der Waals surface area contributed by atoms with Gasteiger partial charge in [0, 0.05) is 25.9 Å². The average molecular weight is 848 g/mol. The summed E-state index contributed by atoms with van der Waals surface area (Å²) in [7, 11) is 1.67. The summed E-state index contributed by atoms with van der Waals surface area (Å²) in [5.41, 5.74) is 6.56. The highest BCUT2D eigenvalue weighted by atomic mass is 16.5. The van der Waals surface area contributed by atoms with E-state index in [-0.39, 0.29) is 62.9 Å². The van der Waals surface area contributed by atoms with E-state index in [4.69, 9.17) is 15.2 Å². The molecule has 0 radical (unpaired) electrons. The SMILES string of the molecule is CN[C@@H](C)C(=O)N[C@H](C(=O)N1C[C@@H](OCC#CC#CCO[C@H]2C[C@@H](C=O)N(C(=O)[C@@H](NC(=O)[C@@H](N)CO)C(C)(C)C)C2)CC1C(=O)N[C@@H]1CCCc2ccccc21)C(C)(C)C. The van der Waals surface area contributed by atoms with E-state index in [0.29, 0.717) is 6.29 Å². The van der Waals surface area contributed by atoms with Gasteiger partial charge in [-0.25, -0.2) is 0 Å². The second-order valence-electron chi connectivity index (χ2n) is 18.2. The molecular weight excluding hydrogens is 783 g/mol. The molecule has 1 aromatic rings. The molecule has 9 atom stereocenters. The highest BCUT2D eigenvalue weighted by Gasteiger charge is 2.46. The van der Waals surface area contributed by atoms with E-state index in [0.717, 1.165) is 24.8 Å². The topological polar surface area (TPSA) is 222 Å². The first-order valence-electron chi connectivity index (χ1n) is 21.1. The lowest BCUT2D eigenvalue weighted by Crippen LogP contribution is -2.59. The molecule has 3 aliphatic rings. The van der Waals surface area contributed by atoms with Crippen molar-refractivity contribution in [1.29, 1.82) is 0 Å². The van der Waals surface area contributed by atoms with Gasteiger partial charge in [-0.15, -0.1) is 0 Å². The molecule has 2 heterocycles. The predicted octanol–water partition coefficient (Wildman–Crippen LogP) is 0.347. The van der Waals surface area contributed by atoms with Crippen LogP contribution in [0.15, 0.2) is 24.3 Å². The highest BCUT2D eigenvalue weighted by Crippen LogP contribution is 2.32. The van der Waals surface area contributed by atoms with E-state index in [1.54, 1.807) is 34.7 Å². The number of amides is 5. The molecule has 1 aromatic carbocycles.